The molecule has 0 bridgehead atoms. The van der Waals surface area contributed by atoms with Crippen molar-refractivity contribution >= 4 is 0 Å². The second kappa shape index (κ2) is 4.34. The number of nitrogens with one attached hydrogen (secondary N) is 1. The fourth-order valence-electron chi connectivity index (χ4n) is 2.71. The lowest BCUT2D eigenvalue weighted by Gasteiger charge is -2.14. The smallest absolute Gasteiger partial charge is 0.0951 e. The molecule has 0 saturated carbocycles. The van der Waals surface area contributed by atoms with Gasteiger partial charge in [0.2, 0.25) is 0 Å². The lowest BCUT2D eigenvalue weighted by atomic mass is 10.1. The molecule has 0 spiro atoms. The summed E-state index contributed by atoms with van der Waals surface area (Å²) in [5, 5.41) is 3.19. The van der Waals surface area contributed by atoms with E-state index in [0.29, 0.717) is 6.04 Å². The molecule has 3 rings (SSSR count). The molecule has 0 atom stereocenters. The summed E-state index contributed by atoms with van der Waals surface area (Å²) in [7, 11) is 1.97. The normalized spacial score (nSPS) is 15.1. The van der Waals surface area contributed by atoms with Gasteiger partial charge in [-0.2, -0.15) is 0 Å². The van der Waals surface area contributed by atoms with E-state index < -0.39 is 0 Å². The maximum Gasteiger partial charge on any atom is 0.0951 e. The van der Waals surface area contributed by atoms with Crippen LogP contribution in [0.4, 0.5) is 0 Å². The molecular formula is C14H17N3. The highest BCUT2D eigenvalue weighted by molar-refractivity contribution is 5.33. The van der Waals surface area contributed by atoms with Gasteiger partial charge in [-0.1, -0.05) is 24.3 Å². The third-order valence-corrected chi connectivity index (χ3v) is 3.53. The largest absolute Gasteiger partial charge is 0.330 e. The SMILES string of the molecule is CNCc1cncn1C1Cc2ccccc2C1. The van der Waals surface area contributed by atoms with Crippen LogP contribution in [0.25, 0.3) is 0 Å². The molecule has 0 radical (unpaired) electrons. The molecule has 1 aliphatic rings. The minimum atomic E-state index is 0.540. The van der Waals surface area contributed by atoms with Crippen molar-refractivity contribution in [2.45, 2.75) is 25.4 Å². The Bertz CT molecular complexity index is 491. The fourth-order valence-corrected chi connectivity index (χ4v) is 2.71. The third-order valence-electron chi connectivity index (χ3n) is 3.53. The first-order valence-electron chi connectivity index (χ1n) is 6.10. The second-order valence-corrected chi connectivity index (χ2v) is 4.65. The van der Waals surface area contributed by atoms with Crippen LogP contribution in [-0.2, 0) is 19.4 Å². The standard InChI is InChI=1S/C14H17N3/c1-15-8-14-9-16-10-17(14)13-6-11-4-2-3-5-12(11)7-13/h2-5,9-10,13,15H,6-8H2,1H3. The van der Waals surface area contributed by atoms with E-state index in [1.54, 1.807) is 0 Å². The van der Waals surface area contributed by atoms with Crippen LogP contribution in [0.2, 0.25) is 0 Å². The Hall–Kier alpha value is -1.61. The minimum absolute atomic E-state index is 0.540. The Labute approximate surface area is 101 Å². The van der Waals surface area contributed by atoms with Crippen LogP contribution >= 0.6 is 0 Å². The molecular weight excluding hydrogens is 210 g/mol. The van der Waals surface area contributed by atoms with Gasteiger partial charge in [-0.3, -0.25) is 0 Å². The van der Waals surface area contributed by atoms with E-state index in [-0.39, 0.29) is 0 Å². The summed E-state index contributed by atoms with van der Waals surface area (Å²) < 4.78 is 2.32. The van der Waals surface area contributed by atoms with Gasteiger partial charge < -0.3 is 9.88 Å². The average molecular weight is 227 g/mol. The van der Waals surface area contributed by atoms with Crippen molar-refractivity contribution in [3.8, 4) is 0 Å². The number of nitrogens with zero attached hydrogens (tertiary/aromatic N) is 2. The molecule has 1 aromatic carbocycles. The molecule has 1 N–H and O–H groups in total. The molecule has 1 heterocycles. The summed E-state index contributed by atoms with van der Waals surface area (Å²) in [5.41, 5.74) is 4.24. The van der Waals surface area contributed by atoms with Gasteiger partial charge in [-0.15, -0.1) is 0 Å². The zero-order valence-corrected chi connectivity index (χ0v) is 10.1. The van der Waals surface area contributed by atoms with Crippen molar-refractivity contribution in [2.24, 2.45) is 0 Å². The van der Waals surface area contributed by atoms with Gasteiger partial charge in [-0.25, -0.2) is 4.98 Å². The van der Waals surface area contributed by atoms with Crippen LogP contribution in [0, 0.1) is 0 Å². The third kappa shape index (κ3) is 1.87. The predicted molar refractivity (Wildman–Crippen MR) is 67.9 cm³/mol. The van der Waals surface area contributed by atoms with Gasteiger partial charge in [0.25, 0.3) is 0 Å². The molecule has 0 unspecified atom stereocenters. The van der Waals surface area contributed by atoms with Gasteiger partial charge in [0.1, 0.15) is 0 Å². The van der Waals surface area contributed by atoms with Crippen molar-refractivity contribution in [3.05, 3.63) is 53.6 Å². The van der Waals surface area contributed by atoms with E-state index in [9.17, 15) is 0 Å². The molecule has 2 aromatic rings. The van der Waals surface area contributed by atoms with Gasteiger partial charge in [-0.05, 0) is 31.0 Å². The summed E-state index contributed by atoms with van der Waals surface area (Å²) >= 11 is 0. The van der Waals surface area contributed by atoms with E-state index in [0.717, 1.165) is 19.4 Å². The van der Waals surface area contributed by atoms with Crippen LogP contribution in [-0.4, -0.2) is 16.6 Å². The Morgan fingerprint density at radius 1 is 1.29 bits per heavy atom. The molecule has 3 nitrogen and oxygen atoms in total. The Balaban J connectivity index is 1.86. The lowest BCUT2D eigenvalue weighted by Crippen LogP contribution is -2.15. The first-order chi connectivity index (χ1) is 8.38. The van der Waals surface area contributed by atoms with Crippen LogP contribution in [0.5, 0.6) is 0 Å². The molecule has 0 saturated heterocycles. The zero-order chi connectivity index (χ0) is 11.7. The first-order valence-corrected chi connectivity index (χ1v) is 6.10. The molecule has 3 heteroatoms. The maximum absolute atomic E-state index is 4.27. The molecule has 0 fully saturated rings. The van der Waals surface area contributed by atoms with Crippen molar-refractivity contribution in [1.82, 2.24) is 14.9 Å². The molecule has 1 aliphatic carbocycles. The van der Waals surface area contributed by atoms with Crippen molar-refractivity contribution in [1.29, 1.82) is 0 Å². The quantitative estimate of drug-likeness (QED) is 0.868. The first kappa shape index (κ1) is 10.5. The number of hydrogen-bond acceptors (Lipinski definition) is 2. The summed E-state index contributed by atoms with van der Waals surface area (Å²) in [6.45, 7) is 0.882. The number of rotatable bonds is 3. The number of hydrogen-bond donors (Lipinski definition) is 1. The zero-order valence-electron chi connectivity index (χ0n) is 10.1. The van der Waals surface area contributed by atoms with E-state index >= 15 is 0 Å². The summed E-state index contributed by atoms with van der Waals surface area (Å²) in [5.74, 6) is 0. The fraction of sp³-hybridized carbons (Fsp3) is 0.357. The predicted octanol–water partition coefficient (Wildman–Crippen LogP) is 1.94. The molecule has 88 valence electrons. The van der Waals surface area contributed by atoms with Crippen LogP contribution < -0.4 is 5.32 Å². The summed E-state index contributed by atoms with van der Waals surface area (Å²) in [6, 6.07) is 9.28. The Morgan fingerprint density at radius 2 is 2.00 bits per heavy atom. The van der Waals surface area contributed by atoms with E-state index in [4.69, 9.17) is 0 Å². The molecule has 0 aliphatic heterocycles. The maximum atomic E-state index is 4.27. The van der Waals surface area contributed by atoms with Crippen LogP contribution in [0.15, 0.2) is 36.8 Å². The van der Waals surface area contributed by atoms with Crippen molar-refractivity contribution in [2.75, 3.05) is 7.05 Å². The minimum Gasteiger partial charge on any atom is -0.330 e. The number of aromatic nitrogens is 2. The molecule has 0 amide bonds. The second-order valence-electron chi connectivity index (χ2n) is 4.65. The monoisotopic (exact) mass is 227 g/mol. The van der Waals surface area contributed by atoms with Crippen molar-refractivity contribution in [3.63, 3.8) is 0 Å². The number of fused-ring (bicyclic) bond motifs is 1. The van der Waals surface area contributed by atoms with Gasteiger partial charge in [0.15, 0.2) is 0 Å². The molecule has 17 heavy (non-hydrogen) atoms. The topological polar surface area (TPSA) is 29.9 Å². The summed E-state index contributed by atoms with van der Waals surface area (Å²) in [6.07, 6.45) is 6.18. The van der Waals surface area contributed by atoms with E-state index in [2.05, 4.69) is 39.1 Å². The van der Waals surface area contributed by atoms with Crippen LogP contribution in [0.1, 0.15) is 22.9 Å². The van der Waals surface area contributed by atoms with Gasteiger partial charge >= 0.3 is 0 Å². The van der Waals surface area contributed by atoms with Crippen molar-refractivity contribution < 1.29 is 0 Å². The highest BCUT2D eigenvalue weighted by Gasteiger charge is 2.23. The lowest BCUT2D eigenvalue weighted by molar-refractivity contribution is 0.504. The highest BCUT2D eigenvalue weighted by atomic mass is 15.1. The number of benzene rings is 1. The Morgan fingerprint density at radius 3 is 2.65 bits per heavy atom. The number of imidazole rings is 1. The van der Waals surface area contributed by atoms with E-state index in [1.807, 2.05) is 19.6 Å². The van der Waals surface area contributed by atoms with Gasteiger partial charge in [0, 0.05) is 18.8 Å². The van der Waals surface area contributed by atoms with E-state index in [1.165, 1.54) is 16.8 Å². The highest BCUT2D eigenvalue weighted by Crippen LogP contribution is 2.30. The average Bonchev–Trinajstić information content (AvgIpc) is 2.94. The van der Waals surface area contributed by atoms with Crippen LogP contribution in [0.3, 0.4) is 0 Å². The van der Waals surface area contributed by atoms with Gasteiger partial charge in [0.05, 0.1) is 12.0 Å². The Kier molecular flexibility index (Phi) is 2.69. The summed E-state index contributed by atoms with van der Waals surface area (Å²) in [4.78, 5) is 4.27. The molecule has 1 aromatic heterocycles.